The molecule has 0 aliphatic rings. The smallest absolute Gasteiger partial charge is 0.263 e. The van der Waals surface area contributed by atoms with Crippen molar-refractivity contribution in [1.29, 1.82) is 0 Å². The van der Waals surface area contributed by atoms with Gasteiger partial charge in [-0.2, -0.15) is 0 Å². The van der Waals surface area contributed by atoms with Crippen LogP contribution < -0.4 is 15.2 Å². The summed E-state index contributed by atoms with van der Waals surface area (Å²) < 4.78 is 33.0. The highest BCUT2D eigenvalue weighted by Gasteiger charge is 2.19. The lowest BCUT2D eigenvalue weighted by molar-refractivity contribution is -0.118. The molecule has 1 amide bonds. The molecule has 6 nitrogen and oxygen atoms in total. The molecule has 2 aromatic rings. The van der Waals surface area contributed by atoms with Gasteiger partial charge in [-0.25, -0.2) is 8.42 Å². The monoisotopic (exact) mass is 368 g/mol. The molecule has 0 aliphatic carbocycles. The Hall–Kier alpha value is -2.25. The van der Waals surface area contributed by atoms with Crippen molar-refractivity contribution >= 4 is 33.2 Å². The van der Waals surface area contributed by atoms with Crippen LogP contribution in [-0.4, -0.2) is 20.9 Å². The summed E-state index contributed by atoms with van der Waals surface area (Å²) in [7, 11) is -3.88. The van der Waals surface area contributed by atoms with Crippen molar-refractivity contribution in [3.63, 3.8) is 0 Å². The van der Waals surface area contributed by atoms with Crippen molar-refractivity contribution in [3.8, 4) is 5.75 Å². The van der Waals surface area contributed by atoms with E-state index in [1.165, 1.54) is 6.07 Å². The summed E-state index contributed by atoms with van der Waals surface area (Å²) in [6.45, 7) is 1.87. The number of hydrogen-bond donors (Lipinski definition) is 2. The minimum atomic E-state index is -3.88. The Morgan fingerprint density at radius 1 is 1.25 bits per heavy atom. The number of para-hydroxylation sites is 2. The maximum Gasteiger partial charge on any atom is 0.263 e. The summed E-state index contributed by atoms with van der Waals surface area (Å²) in [6.07, 6.45) is 0.0326. The van der Waals surface area contributed by atoms with E-state index >= 15 is 0 Å². The molecule has 3 N–H and O–H groups in total. The highest BCUT2D eigenvalue weighted by molar-refractivity contribution is 7.92. The molecule has 8 heteroatoms. The zero-order valence-electron chi connectivity index (χ0n) is 13.0. The van der Waals surface area contributed by atoms with Crippen LogP contribution in [0.1, 0.15) is 12.0 Å². The van der Waals surface area contributed by atoms with Crippen LogP contribution in [0, 0.1) is 6.92 Å². The number of sulfonamides is 1. The molecular weight excluding hydrogens is 352 g/mol. The minimum Gasteiger partial charge on any atom is -0.491 e. The first-order chi connectivity index (χ1) is 11.3. The summed E-state index contributed by atoms with van der Waals surface area (Å²) >= 11 is 6.04. The van der Waals surface area contributed by atoms with E-state index in [1.807, 2.05) is 6.92 Å². The third kappa shape index (κ3) is 4.62. The Balaban J connectivity index is 2.25. The number of carbonyl (C=O) groups excluding carboxylic acids is 1. The lowest BCUT2D eigenvalue weighted by Gasteiger charge is -2.14. The van der Waals surface area contributed by atoms with Crippen LogP contribution in [0.3, 0.4) is 0 Å². The fourth-order valence-corrected chi connectivity index (χ4v) is 3.63. The molecule has 128 valence electrons. The Labute approximate surface area is 145 Å². The van der Waals surface area contributed by atoms with Crippen molar-refractivity contribution in [1.82, 2.24) is 0 Å². The first kappa shape index (κ1) is 18.1. The summed E-state index contributed by atoms with van der Waals surface area (Å²) in [5.74, 6) is -0.204. The molecule has 0 bridgehead atoms. The Morgan fingerprint density at radius 3 is 2.62 bits per heavy atom. The van der Waals surface area contributed by atoms with Crippen LogP contribution >= 0.6 is 11.6 Å². The Kier molecular flexibility index (Phi) is 5.69. The summed E-state index contributed by atoms with van der Waals surface area (Å²) in [5.41, 5.74) is 6.16. The zero-order chi connectivity index (χ0) is 17.7. The number of nitrogens with one attached hydrogen (secondary N) is 1. The lowest BCUT2D eigenvalue weighted by Crippen LogP contribution is -2.16. The van der Waals surface area contributed by atoms with Gasteiger partial charge in [-0.3, -0.25) is 9.52 Å². The number of hydrogen-bond acceptors (Lipinski definition) is 4. The predicted molar refractivity (Wildman–Crippen MR) is 92.7 cm³/mol. The second kappa shape index (κ2) is 7.55. The number of amides is 1. The molecule has 0 radical (unpaired) electrons. The molecule has 2 aromatic carbocycles. The van der Waals surface area contributed by atoms with Gasteiger partial charge in [0.2, 0.25) is 5.91 Å². The van der Waals surface area contributed by atoms with E-state index < -0.39 is 15.9 Å². The molecule has 0 aromatic heterocycles. The normalized spacial score (nSPS) is 11.1. The third-order valence-corrected chi connectivity index (χ3v) is 4.96. The number of nitrogens with two attached hydrogens (primary N) is 1. The van der Waals surface area contributed by atoms with Gasteiger partial charge in [-0.1, -0.05) is 29.8 Å². The molecule has 0 saturated heterocycles. The summed E-state index contributed by atoms with van der Waals surface area (Å²) in [4.78, 5) is 10.7. The van der Waals surface area contributed by atoms with Gasteiger partial charge in [0.15, 0.2) is 0 Å². The lowest BCUT2D eigenvalue weighted by atomic mass is 10.2. The highest BCUT2D eigenvalue weighted by atomic mass is 35.5. The number of carbonyl (C=O) groups is 1. The number of aryl methyl sites for hydroxylation is 1. The van der Waals surface area contributed by atoms with Crippen LogP contribution in [-0.2, 0) is 14.8 Å². The van der Waals surface area contributed by atoms with Gasteiger partial charge in [0.1, 0.15) is 10.6 Å². The second-order valence-electron chi connectivity index (χ2n) is 5.10. The summed E-state index contributed by atoms with van der Waals surface area (Å²) in [6, 6.07) is 11.2. The van der Waals surface area contributed by atoms with Crippen LogP contribution in [0.4, 0.5) is 5.69 Å². The van der Waals surface area contributed by atoms with E-state index in [1.54, 1.807) is 36.4 Å². The molecule has 0 aliphatic heterocycles. The number of benzene rings is 2. The van der Waals surface area contributed by atoms with Gasteiger partial charge in [-0.15, -0.1) is 0 Å². The van der Waals surface area contributed by atoms with E-state index in [-0.39, 0.29) is 28.6 Å². The average molecular weight is 369 g/mol. The van der Waals surface area contributed by atoms with Crippen molar-refractivity contribution in [2.24, 2.45) is 5.73 Å². The Bertz CT molecular complexity index is 853. The number of primary amides is 1. The number of anilines is 1. The fraction of sp³-hybridized carbons (Fsp3) is 0.188. The number of halogens is 1. The van der Waals surface area contributed by atoms with Gasteiger partial charge in [0.05, 0.1) is 23.7 Å². The predicted octanol–water partition coefficient (Wildman–Crippen LogP) is 2.70. The molecule has 0 heterocycles. The first-order valence-electron chi connectivity index (χ1n) is 7.09. The SMILES string of the molecule is Cc1ccc(S(=O)(=O)Nc2ccccc2OCCC(N)=O)c(Cl)c1. The zero-order valence-corrected chi connectivity index (χ0v) is 14.5. The van der Waals surface area contributed by atoms with Crippen LogP contribution in [0.25, 0.3) is 0 Å². The van der Waals surface area contributed by atoms with Gasteiger partial charge in [0, 0.05) is 0 Å². The van der Waals surface area contributed by atoms with Crippen molar-refractivity contribution in [2.75, 3.05) is 11.3 Å². The Morgan fingerprint density at radius 2 is 1.96 bits per heavy atom. The van der Waals surface area contributed by atoms with E-state index in [0.29, 0.717) is 5.75 Å². The second-order valence-corrected chi connectivity index (χ2v) is 7.16. The molecule has 0 atom stereocenters. The van der Waals surface area contributed by atoms with Crippen molar-refractivity contribution in [2.45, 2.75) is 18.2 Å². The van der Waals surface area contributed by atoms with Crippen LogP contribution in [0.2, 0.25) is 5.02 Å². The topological polar surface area (TPSA) is 98.5 Å². The van der Waals surface area contributed by atoms with E-state index in [4.69, 9.17) is 22.1 Å². The number of ether oxygens (including phenoxy) is 1. The fourth-order valence-electron chi connectivity index (χ4n) is 1.96. The molecular formula is C16H17ClN2O4S. The van der Waals surface area contributed by atoms with E-state index in [0.717, 1.165) is 5.56 Å². The number of rotatable bonds is 7. The van der Waals surface area contributed by atoms with Crippen molar-refractivity contribution < 1.29 is 17.9 Å². The van der Waals surface area contributed by atoms with E-state index in [2.05, 4.69) is 4.72 Å². The van der Waals surface area contributed by atoms with E-state index in [9.17, 15) is 13.2 Å². The van der Waals surface area contributed by atoms with Gasteiger partial charge < -0.3 is 10.5 Å². The van der Waals surface area contributed by atoms with Gasteiger partial charge in [0.25, 0.3) is 10.0 Å². The third-order valence-electron chi connectivity index (χ3n) is 3.11. The molecule has 24 heavy (non-hydrogen) atoms. The standard InChI is InChI=1S/C16H17ClN2O4S/c1-11-6-7-15(12(17)10-11)24(21,22)19-13-4-2-3-5-14(13)23-9-8-16(18)20/h2-7,10,19H,8-9H2,1H3,(H2,18,20). The molecule has 2 rings (SSSR count). The largest absolute Gasteiger partial charge is 0.491 e. The molecule has 0 saturated carbocycles. The van der Waals surface area contributed by atoms with Crippen LogP contribution in [0.15, 0.2) is 47.4 Å². The first-order valence-corrected chi connectivity index (χ1v) is 8.95. The quantitative estimate of drug-likeness (QED) is 0.784. The average Bonchev–Trinajstić information content (AvgIpc) is 2.48. The van der Waals surface area contributed by atoms with Gasteiger partial charge in [-0.05, 0) is 36.8 Å². The molecule has 0 spiro atoms. The molecule has 0 fully saturated rings. The summed E-state index contributed by atoms with van der Waals surface area (Å²) in [5, 5.41) is 0.134. The van der Waals surface area contributed by atoms with Gasteiger partial charge >= 0.3 is 0 Å². The minimum absolute atomic E-state index is 0.0262. The maximum absolute atomic E-state index is 12.5. The molecule has 0 unspecified atom stereocenters. The van der Waals surface area contributed by atoms with Crippen molar-refractivity contribution in [3.05, 3.63) is 53.1 Å². The maximum atomic E-state index is 12.5. The van der Waals surface area contributed by atoms with Crippen LogP contribution in [0.5, 0.6) is 5.75 Å². The highest BCUT2D eigenvalue weighted by Crippen LogP contribution is 2.29.